The summed E-state index contributed by atoms with van der Waals surface area (Å²) in [5, 5.41) is 4.54. The molecule has 3 rings (SSSR count). The molecule has 1 unspecified atom stereocenters. The Morgan fingerprint density at radius 1 is 1.26 bits per heavy atom. The zero-order valence-electron chi connectivity index (χ0n) is 11.5. The van der Waals surface area contributed by atoms with Gasteiger partial charge >= 0.3 is 0 Å². The van der Waals surface area contributed by atoms with Crippen molar-refractivity contribution in [1.29, 1.82) is 0 Å². The number of ether oxygens (including phenoxy) is 1. The van der Waals surface area contributed by atoms with Crippen LogP contribution in [0.1, 0.15) is 44.6 Å². The van der Waals surface area contributed by atoms with Gasteiger partial charge in [0.15, 0.2) is 0 Å². The van der Waals surface area contributed by atoms with E-state index in [1.165, 1.54) is 24.8 Å². The molecule has 2 bridgehead atoms. The molecule has 0 aliphatic carbocycles. The summed E-state index contributed by atoms with van der Waals surface area (Å²) < 4.78 is 6.19. The number of hydrogen-bond donors (Lipinski definition) is 1. The van der Waals surface area contributed by atoms with E-state index in [2.05, 4.69) is 18.3 Å². The average Bonchev–Trinajstić information content (AvgIpc) is 2.40. The fourth-order valence-corrected chi connectivity index (χ4v) is 3.65. The zero-order chi connectivity index (χ0) is 13.2. The smallest absolute Gasteiger partial charge is 0.120 e. The maximum atomic E-state index is 6.19. The zero-order valence-corrected chi connectivity index (χ0v) is 12.2. The average molecular weight is 280 g/mol. The maximum Gasteiger partial charge on any atom is 0.120 e. The molecular formula is C16H22ClNO. The van der Waals surface area contributed by atoms with E-state index >= 15 is 0 Å². The van der Waals surface area contributed by atoms with Crippen LogP contribution in [0.3, 0.4) is 0 Å². The lowest BCUT2D eigenvalue weighted by molar-refractivity contribution is 0.0927. The van der Waals surface area contributed by atoms with E-state index in [4.69, 9.17) is 16.3 Å². The lowest BCUT2D eigenvalue weighted by Gasteiger charge is -2.40. The van der Waals surface area contributed by atoms with Crippen LogP contribution in [0.2, 0.25) is 5.02 Å². The van der Waals surface area contributed by atoms with Gasteiger partial charge in [-0.1, -0.05) is 24.9 Å². The summed E-state index contributed by atoms with van der Waals surface area (Å²) in [7, 11) is 0. The van der Waals surface area contributed by atoms with Crippen LogP contribution in [-0.2, 0) is 6.42 Å². The van der Waals surface area contributed by atoms with Gasteiger partial charge in [0.2, 0.25) is 0 Å². The number of nitrogens with one attached hydrogen (secondary N) is 1. The summed E-state index contributed by atoms with van der Waals surface area (Å²) in [4.78, 5) is 0. The summed E-state index contributed by atoms with van der Waals surface area (Å²) >= 11 is 6.15. The summed E-state index contributed by atoms with van der Waals surface area (Å²) in [6.45, 7) is 2.12. The Balaban J connectivity index is 1.68. The van der Waals surface area contributed by atoms with E-state index in [1.807, 2.05) is 12.1 Å². The fraction of sp³-hybridized carbons (Fsp3) is 0.625. The van der Waals surface area contributed by atoms with Crippen LogP contribution in [-0.4, -0.2) is 18.2 Å². The SMILES string of the molecule is CCc1cc(OC2C[C@H]3CCC[C@@H](C2)N3)ccc1Cl. The van der Waals surface area contributed by atoms with Crippen LogP contribution in [0.5, 0.6) is 5.75 Å². The van der Waals surface area contributed by atoms with Gasteiger partial charge in [-0.2, -0.15) is 0 Å². The third-order valence-electron chi connectivity index (χ3n) is 4.37. The number of hydrogen-bond acceptors (Lipinski definition) is 2. The highest BCUT2D eigenvalue weighted by atomic mass is 35.5. The third-order valence-corrected chi connectivity index (χ3v) is 4.74. The minimum absolute atomic E-state index is 0.363. The van der Waals surface area contributed by atoms with Crippen LogP contribution in [0.15, 0.2) is 18.2 Å². The van der Waals surface area contributed by atoms with Crippen LogP contribution in [0.4, 0.5) is 0 Å². The van der Waals surface area contributed by atoms with Crippen molar-refractivity contribution in [1.82, 2.24) is 5.32 Å². The Bertz CT molecular complexity index is 436. The van der Waals surface area contributed by atoms with Gasteiger partial charge in [0, 0.05) is 17.1 Å². The Morgan fingerprint density at radius 3 is 2.68 bits per heavy atom. The topological polar surface area (TPSA) is 21.3 Å². The van der Waals surface area contributed by atoms with Crippen molar-refractivity contribution in [2.45, 2.75) is 63.6 Å². The van der Waals surface area contributed by atoms with Crippen LogP contribution in [0.25, 0.3) is 0 Å². The molecule has 2 saturated heterocycles. The van der Waals surface area contributed by atoms with E-state index in [0.29, 0.717) is 18.2 Å². The Hall–Kier alpha value is -0.730. The molecule has 0 saturated carbocycles. The molecule has 2 aliphatic heterocycles. The quantitative estimate of drug-likeness (QED) is 0.904. The minimum Gasteiger partial charge on any atom is -0.490 e. The second-order valence-corrected chi connectivity index (χ2v) is 6.22. The minimum atomic E-state index is 0.363. The number of halogens is 1. The van der Waals surface area contributed by atoms with Crippen LogP contribution < -0.4 is 10.1 Å². The summed E-state index contributed by atoms with van der Waals surface area (Å²) in [6.07, 6.45) is 7.57. The first kappa shape index (κ1) is 13.3. The number of fused-ring (bicyclic) bond motifs is 2. The second kappa shape index (κ2) is 5.72. The first-order valence-electron chi connectivity index (χ1n) is 7.45. The summed E-state index contributed by atoms with van der Waals surface area (Å²) in [5.41, 5.74) is 1.17. The van der Waals surface area contributed by atoms with Gasteiger partial charge in [0.05, 0.1) is 0 Å². The Labute approximate surface area is 120 Å². The van der Waals surface area contributed by atoms with Crippen molar-refractivity contribution < 1.29 is 4.74 Å². The van der Waals surface area contributed by atoms with Crippen molar-refractivity contribution in [3.8, 4) is 5.75 Å². The molecule has 1 N–H and O–H groups in total. The molecule has 2 aliphatic rings. The van der Waals surface area contributed by atoms with Crippen molar-refractivity contribution >= 4 is 11.6 Å². The lowest BCUT2D eigenvalue weighted by atomic mass is 9.85. The molecule has 3 heteroatoms. The molecule has 19 heavy (non-hydrogen) atoms. The number of benzene rings is 1. The van der Waals surface area contributed by atoms with E-state index in [9.17, 15) is 0 Å². The Kier molecular flexibility index (Phi) is 3.99. The molecule has 1 aromatic rings. The summed E-state index contributed by atoms with van der Waals surface area (Å²) in [6, 6.07) is 7.38. The van der Waals surface area contributed by atoms with E-state index < -0.39 is 0 Å². The van der Waals surface area contributed by atoms with Crippen molar-refractivity contribution in [3.05, 3.63) is 28.8 Å². The molecule has 0 aromatic heterocycles. The molecule has 0 amide bonds. The first-order chi connectivity index (χ1) is 9.24. The van der Waals surface area contributed by atoms with Gasteiger partial charge in [0.25, 0.3) is 0 Å². The van der Waals surface area contributed by atoms with Crippen LogP contribution >= 0.6 is 11.6 Å². The van der Waals surface area contributed by atoms with Crippen molar-refractivity contribution in [3.63, 3.8) is 0 Å². The first-order valence-corrected chi connectivity index (χ1v) is 7.83. The predicted molar refractivity (Wildman–Crippen MR) is 79.0 cm³/mol. The molecule has 3 atom stereocenters. The highest BCUT2D eigenvalue weighted by Gasteiger charge is 2.32. The largest absolute Gasteiger partial charge is 0.490 e. The fourth-order valence-electron chi connectivity index (χ4n) is 3.40. The summed E-state index contributed by atoms with van der Waals surface area (Å²) in [5.74, 6) is 0.978. The molecule has 0 radical (unpaired) electrons. The van der Waals surface area contributed by atoms with Gasteiger partial charge in [-0.15, -0.1) is 0 Å². The normalized spacial score (nSPS) is 30.1. The van der Waals surface area contributed by atoms with Crippen molar-refractivity contribution in [2.75, 3.05) is 0 Å². The van der Waals surface area contributed by atoms with Gasteiger partial charge in [-0.05, 0) is 55.9 Å². The van der Waals surface area contributed by atoms with Crippen LogP contribution in [0, 0.1) is 0 Å². The number of rotatable bonds is 3. The van der Waals surface area contributed by atoms with Gasteiger partial charge in [-0.3, -0.25) is 0 Å². The predicted octanol–water partition coefficient (Wildman–Crippen LogP) is 3.95. The lowest BCUT2D eigenvalue weighted by Crippen LogP contribution is -2.51. The van der Waals surface area contributed by atoms with Crippen molar-refractivity contribution in [2.24, 2.45) is 0 Å². The van der Waals surface area contributed by atoms with Gasteiger partial charge in [0.1, 0.15) is 11.9 Å². The highest BCUT2D eigenvalue weighted by Crippen LogP contribution is 2.30. The molecule has 0 spiro atoms. The molecule has 104 valence electrons. The monoisotopic (exact) mass is 279 g/mol. The molecule has 2 fully saturated rings. The molecule has 2 nitrogen and oxygen atoms in total. The highest BCUT2D eigenvalue weighted by molar-refractivity contribution is 6.31. The van der Waals surface area contributed by atoms with E-state index in [0.717, 1.165) is 30.0 Å². The molecular weight excluding hydrogens is 258 g/mol. The third kappa shape index (κ3) is 3.06. The molecule has 1 aromatic carbocycles. The molecule has 2 heterocycles. The standard InChI is InChI=1S/C16H22ClNO/c1-2-11-8-14(6-7-16(11)17)19-15-9-12-4-3-5-13(10-15)18-12/h6-8,12-13,15,18H,2-5,9-10H2,1H3/t12-,13+,15?. The van der Waals surface area contributed by atoms with Gasteiger partial charge < -0.3 is 10.1 Å². The Morgan fingerprint density at radius 2 is 2.00 bits per heavy atom. The van der Waals surface area contributed by atoms with E-state index in [1.54, 1.807) is 0 Å². The maximum absolute atomic E-state index is 6.19. The number of aryl methyl sites for hydroxylation is 1. The second-order valence-electron chi connectivity index (χ2n) is 5.81. The van der Waals surface area contributed by atoms with E-state index in [-0.39, 0.29) is 0 Å². The number of piperidine rings is 2. The van der Waals surface area contributed by atoms with Gasteiger partial charge in [-0.25, -0.2) is 0 Å².